The Morgan fingerprint density at radius 2 is 1.53 bits per heavy atom. The van der Waals surface area contributed by atoms with E-state index in [1.54, 1.807) is 0 Å². The van der Waals surface area contributed by atoms with Crippen LogP contribution in [-0.2, 0) is 4.79 Å². The van der Waals surface area contributed by atoms with E-state index in [2.05, 4.69) is 42.5 Å². The van der Waals surface area contributed by atoms with Gasteiger partial charge in [0.25, 0.3) is 5.91 Å². The molecule has 3 aromatic rings. The fourth-order valence-electron chi connectivity index (χ4n) is 3.62. The van der Waals surface area contributed by atoms with Crippen LogP contribution < -0.4 is 10.6 Å². The van der Waals surface area contributed by atoms with E-state index in [0.717, 1.165) is 26.6 Å². The highest BCUT2D eigenvalue weighted by molar-refractivity contribution is 9.11. The summed E-state index contributed by atoms with van der Waals surface area (Å²) in [5.41, 5.74) is 0.315. The Bertz CT molecular complexity index is 1280. The number of rotatable bonds is 5. The lowest BCUT2D eigenvalue weighted by Crippen LogP contribution is -2.18. The number of amides is 2. The van der Waals surface area contributed by atoms with Gasteiger partial charge in [-0.25, -0.2) is 8.78 Å². The van der Waals surface area contributed by atoms with Crippen molar-refractivity contribution < 1.29 is 18.4 Å². The number of anilines is 2. The van der Waals surface area contributed by atoms with E-state index in [4.69, 9.17) is 34.8 Å². The van der Waals surface area contributed by atoms with Crippen molar-refractivity contribution in [2.45, 2.75) is 10.3 Å². The molecule has 0 aromatic heterocycles. The Morgan fingerprint density at radius 3 is 2.15 bits per heavy atom. The van der Waals surface area contributed by atoms with Gasteiger partial charge in [0, 0.05) is 20.6 Å². The minimum atomic E-state index is -1.32. The maximum Gasteiger partial charge on any atom is 0.257 e. The van der Waals surface area contributed by atoms with Crippen LogP contribution in [0.5, 0.6) is 0 Å². The number of halogens is 7. The lowest BCUT2D eigenvalue weighted by Gasteiger charge is -2.11. The Balaban J connectivity index is 1.53. The quantitative estimate of drug-likeness (QED) is 0.275. The topological polar surface area (TPSA) is 58.2 Å². The first kappa shape index (κ1) is 25.4. The fourth-order valence-corrected chi connectivity index (χ4v) is 5.98. The van der Waals surface area contributed by atoms with Gasteiger partial charge >= 0.3 is 0 Å². The summed E-state index contributed by atoms with van der Waals surface area (Å²) in [4.78, 5) is 25.6. The van der Waals surface area contributed by atoms with Crippen LogP contribution >= 0.6 is 66.7 Å². The molecule has 11 heteroatoms. The first-order valence-electron chi connectivity index (χ1n) is 9.68. The standard InChI is InChI=1S/C23H13Br2Cl3F2N2O2/c24-11-6-10(7-12(25)8-11)18-19(23(18,27)28)22(34)31-13-4-5-15(26)14(9-13)21(33)32-20-16(29)2-1-3-17(20)30/h1-9,18-19H,(H,31,34)(H,32,33)/t18-,19+/m0/s1. The third-order valence-electron chi connectivity index (χ3n) is 5.26. The fraction of sp³-hybridized carbons (Fsp3) is 0.130. The summed E-state index contributed by atoms with van der Waals surface area (Å²) >= 11 is 25.8. The normalized spacial score (nSPS) is 18.3. The summed E-state index contributed by atoms with van der Waals surface area (Å²) < 4.78 is 28.1. The van der Waals surface area contributed by atoms with E-state index in [-0.39, 0.29) is 16.3 Å². The Hall–Kier alpha value is -1.71. The van der Waals surface area contributed by atoms with Crippen LogP contribution in [0.3, 0.4) is 0 Å². The third-order valence-corrected chi connectivity index (χ3v) is 7.45. The molecule has 1 saturated carbocycles. The first-order valence-corrected chi connectivity index (χ1v) is 12.4. The van der Waals surface area contributed by atoms with Gasteiger partial charge in [-0.1, -0.05) is 49.5 Å². The van der Waals surface area contributed by atoms with Gasteiger partial charge in [-0.2, -0.15) is 0 Å². The molecule has 34 heavy (non-hydrogen) atoms. The number of alkyl halides is 2. The molecule has 4 rings (SSSR count). The van der Waals surface area contributed by atoms with Crippen molar-refractivity contribution in [3.63, 3.8) is 0 Å². The molecular formula is C23H13Br2Cl3F2N2O2. The monoisotopic (exact) mass is 650 g/mol. The highest BCUT2D eigenvalue weighted by Crippen LogP contribution is 2.65. The van der Waals surface area contributed by atoms with Gasteiger partial charge in [-0.3, -0.25) is 9.59 Å². The molecule has 2 N–H and O–H groups in total. The van der Waals surface area contributed by atoms with Gasteiger partial charge in [0.2, 0.25) is 5.91 Å². The molecule has 4 nitrogen and oxygen atoms in total. The maximum atomic E-state index is 13.9. The molecule has 176 valence electrons. The Labute approximate surface area is 225 Å². The summed E-state index contributed by atoms with van der Waals surface area (Å²) in [5, 5.41) is 4.87. The molecule has 2 amide bonds. The maximum absolute atomic E-state index is 13.9. The average molecular weight is 654 g/mol. The Morgan fingerprint density at radius 1 is 0.912 bits per heavy atom. The van der Waals surface area contributed by atoms with Gasteiger partial charge in [0.05, 0.1) is 16.5 Å². The van der Waals surface area contributed by atoms with Crippen LogP contribution in [0.25, 0.3) is 0 Å². The molecule has 3 aromatic carbocycles. The number of benzene rings is 3. The molecule has 0 bridgehead atoms. The van der Waals surface area contributed by atoms with Crippen molar-refractivity contribution in [1.82, 2.24) is 0 Å². The molecule has 0 spiro atoms. The Kier molecular flexibility index (Phi) is 7.27. The SMILES string of the molecule is O=C(Nc1c(F)cccc1F)c1cc(NC(=O)[C@H]2[C@H](c3cc(Br)cc(Br)c3)C2(Cl)Cl)ccc1Cl. The minimum Gasteiger partial charge on any atom is -0.326 e. The van der Waals surface area contributed by atoms with Crippen molar-refractivity contribution in [2.75, 3.05) is 10.6 Å². The second-order valence-corrected chi connectivity index (χ2v) is 11.3. The number of carbonyl (C=O) groups excluding carboxylic acids is 2. The zero-order chi connectivity index (χ0) is 24.8. The number of hydrogen-bond donors (Lipinski definition) is 2. The molecular weight excluding hydrogens is 640 g/mol. The molecule has 0 saturated heterocycles. The summed E-state index contributed by atoms with van der Waals surface area (Å²) in [6.07, 6.45) is 0. The number of para-hydroxylation sites is 1. The molecule has 0 unspecified atom stereocenters. The summed E-state index contributed by atoms with van der Waals surface area (Å²) in [5.74, 6) is -4.39. The van der Waals surface area contributed by atoms with Crippen molar-refractivity contribution in [2.24, 2.45) is 5.92 Å². The minimum absolute atomic E-state index is 0.0274. The molecule has 1 aliphatic carbocycles. The average Bonchev–Trinajstić information content (AvgIpc) is 3.33. The lowest BCUT2D eigenvalue weighted by molar-refractivity contribution is -0.117. The van der Waals surface area contributed by atoms with Crippen molar-refractivity contribution in [1.29, 1.82) is 0 Å². The van der Waals surface area contributed by atoms with E-state index in [0.29, 0.717) is 0 Å². The molecule has 0 heterocycles. The van der Waals surface area contributed by atoms with Gasteiger partial charge in [0.1, 0.15) is 21.7 Å². The van der Waals surface area contributed by atoms with E-state index < -0.39 is 45.3 Å². The predicted octanol–water partition coefficient (Wildman–Crippen LogP) is 7.92. The zero-order valence-corrected chi connectivity index (χ0v) is 22.3. The van der Waals surface area contributed by atoms with Crippen LogP contribution in [0, 0.1) is 17.6 Å². The lowest BCUT2D eigenvalue weighted by atomic mass is 10.1. The van der Waals surface area contributed by atoms with E-state index >= 15 is 0 Å². The first-order chi connectivity index (χ1) is 16.0. The van der Waals surface area contributed by atoms with Crippen molar-refractivity contribution in [3.05, 3.63) is 91.3 Å². The number of carbonyl (C=O) groups is 2. The molecule has 0 radical (unpaired) electrons. The second kappa shape index (κ2) is 9.74. The van der Waals surface area contributed by atoms with Gasteiger partial charge in [0.15, 0.2) is 0 Å². The highest BCUT2D eigenvalue weighted by atomic mass is 79.9. The highest BCUT2D eigenvalue weighted by Gasteiger charge is 2.67. The van der Waals surface area contributed by atoms with Crippen LogP contribution in [0.4, 0.5) is 20.2 Å². The predicted molar refractivity (Wildman–Crippen MR) is 137 cm³/mol. The zero-order valence-electron chi connectivity index (χ0n) is 16.8. The number of hydrogen-bond acceptors (Lipinski definition) is 2. The van der Waals surface area contributed by atoms with Gasteiger partial charge < -0.3 is 10.6 Å². The summed E-state index contributed by atoms with van der Waals surface area (Å²) in [7, 11) is 0. The number of nitrogens with one attached hydrogen (secondary N) is 2. The van der Waals surface area contributed by atoms with Crippen molar-refractivity contribution in [3.8, 4) is 0 Å². The van der Waals surface area contributed by atoms with E-state index in [1.807, 2.05) is 18.2 Å². The van der Waals surface area contributed by atoms with E-state index in [9.17, 15) is 18.4 Å². The van der Waals surface area contributed by atoms with Gasteiger partial charge in [-0.15, -0.1) is 23.2 Å². The largest absolute Gasteiger partial charge is 0.326 e. The third kappa shape index (κ3) is 5.11. The van der Waals surface area contributed by atoms with Crippen LogP contribution in [-0.4, -0.2) is 16.1 Å². The summed E-state index contributed by atoms with van der Waals surface area (Å²) in [6, 6.07) is 12.9. The van der Waals surface area contributed by atoms with Crippen LogP contribution in [0.1, 0.15) is 21.8 Å². The molecule has 1 fully saturated rings. The van der Waals surface area contributed by atoms with Crippen molar-refractivity contribution >= 4 is 89.9 Å². The van der Waals surface area contributed by atoms with Crippen LogP contribution in [0.2, 0.25) is 5.02 Å². The summed E-state index contributed by atoms with van der Waals surface area (Å²) in [6.45, 7) is 0. The van der Waals surface area contributed by atoms with Gasteiger partial charge in [-0.05, 0) is 54.1 Å². The molecule has 0 aliphatic heterocycles. The smallest absolute Gasteiger partial charge is 0.257 e. The second-order valence-electron chi connectivity index (χ2n) is 7.57. The molecule has 2 atom stereocenters. The molecule has 1 aliphatic rings. The van der Waals surface area contributed by atoms with Crippen LogP contribution in [0.15, 0.2) is 63.5 Å². The van der Waals surface area contributed by atoms with E-state index in [1.165, 1.54) is 24.3 Å².